The van der Waals surface area contributed by atoms with Crippen molar-refractivity contribution in [1.82, 2.24) is 0 Å². The van der Waals surface area contributed by atoms with Gasteiger partial charge in [0, 0.05) is 16.5 Å². The fraction of sp³-hybridized carbons (Fsp3) is 0.0714. The number of hydrogen-bond acceptors (Lipinski definition) is 1. The van der Waals surface area contributed by atoms with Gasteiger partial charge in [0.1, 0.15) is 0 Å². The van der Waals surface area contributed by atoms with Crippen LogP contribution in [0.25, 0.3) is 0 Å². The molecule has 0 fully saturated rings. The van der Waals surface area contributed by atoms with Crippen LogP contribution < -0.4 is 0 Å². The van der Waals surface area contributed by atoms with Crippen LogP contribution in [0, 0.1) is 5.75 Å². The summed E-state index contributed by atoms with van der Waals surface area (Å²) >= 11 is 7.70. The maximum Gasteiger partial charge on any atom is 0.0460 e. The van der Waals surface area contributed by atoms with Crippen LogP contribution >= 0.6 is 23.4 Å². The van der Waals surface area contributed by atoms with Crippen LogP contribution in [0.4, 0.5) is 0 Å². The minimum atomic E-state index is 0.786. The van der Waals surface area contributed by atoms with E-state index in [1.807, 2.05) is 24.3 Å². The van der Waals surface area contributed by atoms with Crippen LogP contribution in [0.1, 0.15) is 11.1 Å². The Kier molecular flexibility index (Phi) is 4.32. The van der Waals surface area contributed by atoms with E-state index >= 15 is 0 Å². The van der Waals surface area contributed by atoms with E-state index in [2.05, 4.69) is 36.1 Å². The largest absolute Gasteiger partial charge is 0.147 e. The third-order valence-corrected chi connectivity index (χ3v) is 3.33. The second kappa shape index (κ2) is 5.97. The molecule has 0 amide bonds. The predicted molar refractivity (Wildman–Crippen MR) is 72.6 cm³/mol. The Balaban J connectivity index is 1.85. The van der Waals surface area contributed by atoms with Crippen LogP contribution in [0.15, 0.2) is 54.6 Å². The fourth-order valence-electron chi connectivity index (χ4n) is 1.39. The molecule has 0 heterocycles. The Morgan fingerprint density at radius 3 is 2.56 bits per heavy atom. The van der Waals surface area contributed by atoms with Gasteiger partial charge < -0.3 is 0 Å². The van der Waals surface area contributed by atoms with E-state index in [1.54, 1.807) is 11.8 Å². The quantitative estimate of drug-likeness (QED) is 0.749. The van der Waals surface area contributed by atoms with Gasteiger partial charge in [-0.05, 0) is 23.3 Å². The average molecular weight is 248 g/mol. The number of thioether (sulfide) groups is 1. The number of benzene rings is 2. The maximum absolute atomic E-state index is 5.91. The van der Waals surface area contributed by atoms with Crippen molar-refractivity contribution in [1.29, 1.82) is 0 Å². The van der Waals surface area contributed by atoms with Crippen molar-refractivity contribution in [2.75, 3.05) is 0 Å². The molecule has 81 valence electrons. The van der Waals surface area contributed by atoms with E-state index in [1.165, 1.54) is 5.56 Å². The van der Waals surface area contributed by atoms with Crippen molar-refractivity contribution < 1.29 is 0 Å². The third kappa shape index (κ3) is 3.58. The Labute approximate surface area is 106 Å². The van der Waals surface area contributed by atoms with Crippen LogP contribution in [-0.4, -0.2) is 0 Å². The molecule has 0 aliphatic rings. The minimum Gasteiger partial charge on any atom is -0.147 e. The first-order valence-electron chi connectivity index (χ1n) is 5.09. The molecule has 0 saturated carbocycles. The first kappa shape index (κ1) is 11.6. The summed E-state index contributed by atoms with van der Waals surface area (Å²) in [7, 11) is 0. The van der Waals surface area contributed by atoms with Crippen molar-refractivity contribution in [3.63, 3.8) is 0 Å². The highest BCUT2D eigenvalue weighted by Gasteiger charge is 1.96. The van der Waals surface area contributed by atoms with E-state index < -0.39 is 0 Å². The van der Waals surface area contributed by atoms with E-state index in [9.17, 15) is 0 Å². The monoisotopic (exact) mass is 247 g/mol. The summed E-state index contributed by atoms with van der Waals surface area (Å²) in [5.41, 5.74) is 2.50. The predicted octanol–water partition coefficient (Wildman–Crippen LogP) is 4.78. The highest BCUT2D eigenvalue weighted by Crippen LogP contribution is 2.21. The molecule has 0 saturated heterocycles. The Bertz CT molecular complexity index is 439. The molecule has 1 radical (unpaired) electrons. The van der Waals surface area contributed by atoms with Crippen molar-refractivity contribution in [2.45, 2.75) is 5.75 Å². The summed E-state index contributed by atoms with van der Waals surface area (Å²) < 4.78 is 0. The lowest BCUT2D eigenvalue weighted by Crippen LogP contribution is -1.81. The van der Waals surface area contributed by atoms with Gasteiger partial charge in [-0.3, -0.25) is 0 Å². The standard InChI is InChI=1S/C14H12ClS/c15-14-8-4-7-13(9-14)11-16-10-12-5-2-1-3-6-12/h1-9,11H,10H2. The van der Waals surface area contributed by atoms with Gasteiger partial charge in [0.15, 0.2) is 0 Å². The van der Waals surface area contributed by atoms with Gasteiger partial charge in [-0.2, -0.15) is 0 Å². The van der Waals surface area contributed by atoms with Crippen molar-refractivity contribution in [3.8, 4) is 0 Å². The molecule has 2 heteroatoms. The molecule has 0 aromatic heterocycles. The van der Waals surface area contributed by atoms with Crippen molar-refractivity contribution in [3.05, 3.63) is 76.5 Å². The van der Waals surface area contributed by atoms with E-state index in [0.29, 0.717) is 0 Å². The van der Waals surface area contributed by atoms with Crippen LogP contribution in [-0.2, 0) is 5.75 Å². The molecule has 0 unspecified atom stereocenters. The smallest absolute Gasteiger partial charge is 0.0460 e. The topological polar surface area (TPSA) is 0 Å². The van der Waals surface area contributed by atoms with Gasteiger partial charge in [0.05, 0.1) is 0 Å². The second-order valence-corrected chi connectivity index (χ2v) is 4.76. The van der Waals surface area contributed by atoms with Crippen LogP contribution in [0.5, 0.6) is 0 Å². The lowest BCUT2D eigenvalue weighted by Gasteiger charge is -2.02. The maximum atomic E-state index is 5.91. The van der Waals surface area contributed by atoms with Gasteiger partial charge in [-0.1, -0.05) is 54.1 Å². The molecular weight excluding hydrogens is 236 g/mol. The molecule has 0 atom stereocenters. The molecule has 16 heavy (non-hydrogen) atoms. The molecular formula is C14H12ClS. The summed E-state index contributed by atoms with van der Waals surface area (Å²) in [6, 6.07) is 18.3. The number of rotatable bonds is 4. The SMILES string of the molecule is Clc1cccc([CH]SCc2ccccc2)c1. The van der Waals surface area contributed by atoms with Gasteiger partial charge >= 0.3 is 0 Å². The lowest BCUT2D eigenvalue weighted by molar-refractivity contribution is 1.42. The van der Waals surface area contributed by atoms with Gasteiger partial charge in [-0.15, -0.1) is 11.8 Å². The third-order valence-electron chi connectivity index (χ3n) is 2.16. The molecule has 0 spiro atoms. The highest BCUT2D eigenvalue weighted by molar-refractivity contribution is 8.00. The van der Waals surface area contributed by atoms with Gasteiger partial charge in [0.25, 0.3) is 0 Å². The molecule has 0 bridgehead atoms. The zero-order valence-electron chi connectivity index (χ0n) is 8.77. The van der Waals surface area contributed by atoms with E-state index in [0.717, 1.165) is 16.3 Å². The van der Waals surface area contributed by atoms with Crippen molar-refractivity contribution >= 4 is 23.4 Å². The highest BCUT2D eigenvalue weighted by atomic mass is 35.5. The summed E-state index contributed by atoms with van der Waals surface area (Å²) in [5.74, 6) is 3.13. The fourth-order valence-corrected chi connectivity index (χ4v) is 2.39. The van der Waals surface area contributed by atoms with Crippen LogP contribution in [0.2, 0.25) is 5.02 Å². The van der Waals surface area contributed by atoms with Crippen LogP contribution in [0.3, 0.4) is 0 Å². The first-order chi connectivity index (χ1) is 7.84. The van der Waals surface area contributed by atoms with Gasteiger partial charge in [-0.25, -0.2) is 0 Å². The first-order valence-corrected chi connectivity index (χ1v) is 6.51. The second-order valence-electron chi connectivity index (χ2n) is 3.47. The molecule has 0 aliphatic carbocycles. The summed E-state index contributed by atoms with van der Waals surface area (Å²) in [4.78, 5) is 0. The minimum absolute atomic E-state index is 0.786. The number of halogens is 1. The average Bonchev–Trinajstić information content (AvgIpc) is 2.30. The number of hydrogen-bond donors (Lipinski definition) is 0. The normalized spacial score (nSPS) is 10.3. The van der Waals surface area contributed by atoms with Gasteiger partial charge in [0.2, 0.25) is 0 Å². The summed E-state index contributed by atoms with van der Waals surface area (Å²) in [5, 5.41) is 0.786. The zero-order valence-corrected chi connectivity index (χ0v) is 10.3. The molecule has 0 nitrogen and oxygen atoms in total. The lowest BCUT2D eigenvalue weighted by atomic mass is 10.2. The summed E-state index contributed by atoms with van der Waals surface area (Å²) in [6.45, 7) is 0. The Morgan fingerprint density at radius 2 is 1.81 bits per heavy atom. The molecule has 2 aromatic carbocycles. The molecule has 0 N–H and O–H groups in total. The summed E-state index contributed by atoms with van der Waals surface area (Å²) in [6.07, 6.45) is 0. The molecule has 2 aromatic rings. The zero-order chi connectivity index (χ0) is 11.2. The molecule has 0 aliphatic heterocycles. The Morgan fingerprint density at radius 1 is 1.00 bits per heavy atom. The van der Waals surface area contributed by atoms with E-state index in [-0.39, 0.29) is 0 Å². The van der Waals surface area contributed by atoms with E-state index in [4.69, 9.17) is 11.6 Å². The van der Waals surface area contributed by atoms with Crippen molar-refractivity contribution in [2.24, 2.45) is 0 Å². The Hall–Kier alpha value is -0.920. The molecule has 2 rings (SSSR count).